The minimum Gasteiger partial charge on any atom is -0.349 e. The Bertz CT molecular complexity index is 1210. The van der Waals surface area contributed by atoms with Crippen LogP contribution >= 0.6 is 0 Å². The van der Waals surface area contributed by atoms with Gasteiger partial charge in [-0.05, 0) is 43.5 Å². The number of pyridine rings is 1. The third-order valence-corrected chi connectivity index (χ3v) is 6.00. The number of fused-ring (bicyclic) bond motifs is 1. The predicted molar refractivity (Wildman–Crippen MR) is 146 cm³/mol. The summed E-state index contributed by atoms with van der Waals surface area (Å²) in [5, 5.41) is 10.6. The van der Waals surface area contributed by atoms with Crippen molar-refractivity contribution in [1.82, 2.24) is 30.7 Å². The topological polar surface area (TPSA) is 186 Å². The van der Waals surface area contributed by atoms with Gasteiger partial charge in [-0.3, -0.25) is 19.2 Å². The normalized spacial score (nSPS) is 12.4. The first-order valence-electron chi connectivity index (χ1n) is 12.9. The molecule has 1 aromatic carbocycles. The van der Waals surface area contributed by atoms with Crippen molar-refractivity contribution in [2.75, 3.05) is 19.6 Å². The van der Waals surface area contributed by atoms with Gasteiger partial charge in [0.15, 0.2) is 0 Å². The molecule has 8 N–H and O–H groups in total. The van der Waals surface area contributed by atoms with Crippen LogP contribution in [-0.4, -0.2) is 64.7 Å². The molecule has 0 aliphatic carbocycles. The fourth-order valence-electron chi connectivity index (χ4n) is 3.98. The molecular weight excluding hydrogens is 500 g/mol. The second kappa shape index (κ2) is 15.2. The van der Waals surface area contributed by atoms with Crippen LogP contribution in [0.25, 0.3) is 5.65 Å². The molecule has 2 aromatic heterocycles. The Hall–Kier alpha value is -4.29. The fraction of sp³-hybridized carbons (Fsp3) is 0.370. The first-order chi connectivity index (χ1) is 18.9. The monoisotopic (exact) mass is 536 g/mol. The molecule has 4 amide bonds. The summed E-state index contributed by atoms with van der Waals surface area (Å²) in [4.78, 5) is 54.8. The number of carbonyl (C=O) groups excluding carboxylic acids is 4. The Kier molecular flexibility index (Phi) is 11.4. The van der Waals surface area contributed by atoms with Crippen molar-refractivity contribution < 1.29 is 19.2 Å². The van der Waals surface area contributed by atoms with Crippen molar-refractivity contribution in [2.24, 2.45) is 11.5 Å². The molecule has 12 heteroatoms. The van der Waals surface area contributed by atoms with E-state index >= 15 is 0 Å². The van der Waals surface area contributed by atoms with Gasteiger partial charge in [-0.25, -0.2) is 4.98 Å². The number of aromatic nitrogens is 2. The summed E-state index contributed by atoms with van der Waals surface area (Å²) in [6.45, 7) is 0.0305. The van der Waals surface area contributed by atoms with E-state index in [0.29, 0.717) is 31.5 Å². The van der Waals surface area contributed by atoms with Gasteiger partial charge in [0.25, 0.3) is 0 Å². The number of unbranched alkanes of at least 4 members (excludes halogenated alkanes) is 1. The van der Waals surface area contributed by atoms with Crippen LogP contribution in [0, 0.1) is 0 Å². The van der Waals surface area contributed by atoms with Gasteiger partial charge >= 0.3 is 0 Å². The number of nitrogens with zero attached hydrogens (tertiary/aromatic N) is 2. The van der Waals surface area contributed by atoms with Crippen LogP contribution in [0.1, 0.15) is 30.5 Å². The van der Waals surface area contributed by atoms with Crippen molar-refractivity contribution in [1.29, 1.82) is 0 Å². The molecule has 0 aliphatic heterocycles. The van der Waals surface area contributed by atoms with Gasteiger partial charge in [0.05, 0.1) is 25.3 Å². The lowest BCUT2D eigenvalue weighted by atomic mass is 10.1. The van der Waals surface area contributed by atoms with Crippen LogP contribution in [0.3, 0.4) is 0 Å². The van der Waals surface area contributed by atoms with Crippen molar-refractivity contribution in [3.05, 3.63) is 72.2 Å². The number of imidazole rings is 1. The van der Waals surface area contributed by atoms with E-state index in [-0.39, 0.29) is 32.0 Å². The molecule has 2 atom stereocenters. The minimum absolute atomic E-state index is 0.197. The largest absolute Gasteiger partial charge is 0.349 e. The van der Waals surface area contributed by atoms with E-state index in [1.54, 1.807) is 0 Å². The summed E-state index contributed by atoms with van der Waals surface area (Å²) in [7, 11) is 0. The van der Waals surface area contributed by atoms with Crippen LogP contribution in [0.4, 0.5) is 0 Å². The van der Waals surface area contributed by atoms with Crippen molar-refractivity contribution >= 4 is 29.3 Å². The van der Waals surface area contributed by atoms with E-state index in [1.807, 2.05) is 65.3 Å². The highest BCUT2D eigenvalue weighted by molar-refractivity contribution is 5.92. The van der Waals surface area contributed by atoms with E-state index in [0.717, 1.165) is 11.2 Å². The van der Waals surface area contributed by atoms with Crippen LogP contribution in [-0.2, 0) is 32.1 Å². The lowest BCUT2D eigenvalue weighted by Crippen LogP contribution is -2.53. The molecule has 2 heterocycles. The summed E-state index contributed by atoms with van der Waals surface area (Å²) >= 11 is 0. The molecule has 0 bridgehead atoms. The average Bonchev–Trinajstić information content (AvgIpc) is 3.37. The third kappa shape index (κ3) is 9.51. The molecule has 12 nitrogen and oxygen atoms in total. The zero-order valence-electron chi connectivity index (χ0n) is 21.8. The van der Waals surface area contributed by atoms with Crippen LogP contribution in [0.5, 0.6) is 0 Å². The third-order valence-electron chi connectivity index (χ3n) is 6.00. The number of nitrogens with two attached hydrogens (primary N) is 2. The van der Waals surface area contributed by atoms with Gasteiger partial charge in [-0.15, -0.1) is 0 Å². The molecule has 3 aromatic rings. The highest BCUT2D eigenvalue weighted by atomic mass is 16.2. The Balaban J connectivity index is 1.55. The van der Waals surface area contributed by atoms with E-state index < -0.39 is 29.8 Å². The number of amides is 4. The van der Waals surface area contributed by atoms with E-state index in [9.17, 15) is 19.2 Å². The second-order valence-electron chi connectivity index (χ2n) is 9.05. The Labute approximate surface area is 226 Å². The zero-order valence-corrected chi connectivity index (χ0v) is 21.8. The van der Waals surface area contributed by atoms with Gasteiger partial charge in [0, 0.05) is 18.8 Å². The number of rotatable bonds is 15. The van der Waals surface area contributed by atoms with E-state index in [1.165, 1.54) is 0 Å². The lowest BCUT2D eigenvalue weighted by molar-refractivity contribution is -0.131. The SMILES string of the molecule is NCCCC[C@@H](NC(=O)CNC(=O)[C@@H](Cc1ccccc1)NC(=O)CN)C(=O)NCc1cn2ccccc2n1. The van der Waals surface area contributed by atoms with Gasteiger partial charge in [-0.2, -0.15) is 0 Å². The maximum absolute atomic E-state index is 12.9. The van der Waals surface area contributed by atoms with Crippen molar-refractivity contribution in [2.45, 2.75) is 44.3 Å². The van der Waals surface area contributed by atoms with Crippen molar-refractivity contribution in [3.8, 4) is 0 Å². The van der Waals surface area contributed by atoms with E-state index in [2.05, 4.69) is 26.3 Å². The molecule has 39 heavy (non-hydrogen) atoms. The number of carbonyl (C=O) groups is 4. The molecule has 0 unspecified atom stereocenters. The highest BCUT2D eigenvalue weighted by Gasteiger charge is 2.24. The predicted octanol–water partition coefficient (Wildman–Crippen LogP) is -0.633. The number of hydrogen-bond acceptors (Lipinski definition) is 7. The maximum Gasteiger partial charge on any atom is 0.243 e. The summed E-state index contributed by atoms with van der Waals surface area (Å²) in [5.74, 6) is -1.92. The molecule has 0 saturated carbocycles. The molecule has 0 spiro atoms. The summed E-state index contributed by atoms with van der Waals surface area (Å²) in [6.07, 6.45) is 5.64. The van der Waals surface area contributed by atoms with Crippen LogP contribution < -0.4 is 32.7 Å². The quantitative estimate of drug-likeness (QED) is 0.140. The van der Waals surface area contributed by atoms with Crippen LogP contribution in [0.2, 0.25) is 0 Å². The molecule has 0 aliphatic rings. The first kappa shape index (κ1) is 29.3. The smallest absolute Gasteiger partial charge is 0.243 e. The minimum atomic E-state index is -0.912. The second-order valence-corrected chi connectivity index (χ2v) is 9.05. The number of benzene rings is 1. The van der Waals surface area contributed by atoms with Gasteiger partial charge in [0.1, 0.15) is 17.7 Å². The molecule has 0 fully saturated rings. The van der Waals surface area contributed by atoms with Crippen LogP contribution in [0.15, 0.2) is 60.9 Å². The molecule has 0 saturated heterocycles. The standard InChI is InChI=1S/C27H36N8O4/c28-12-6-4-10-21(26(38)30-16-20-18-35-13-7-5-11-23(35)32-20)33-25(37)17-31-27(39)22(34-24(36)15-29)14-19-8-2-1-3-9-19/h1-3,5,7-9,11,13,18,21-22H,4,6,10,12,14-17,28-29H2,(H,30,38)(H,31,39)(H,33,37)(H,34,36)/t21-,22-/m1/s1. The van der Waals surface area contributed by atoms with E-state index in [4.69, 9.17) is 11.5 Å². The lowest BCUT2D eigenvalue weighted by Gasteiger charge is -2.20. The summed E-state index contributed by atoms with van der Waals surface area (Å²) in [5.41, 5.74) is 13.3. The van der Waals surface area contributed by atoms with Crippen molar-refractivity contribution in [3.63, 3.8) is 0 Å². The average molecular weight is 537 g/mol. The molecule has 3 rings (SSSR count). The van der Waals surface area contributed by atoms with Gasteiger partial charge in [-0.1, -0.05) is 36.4 Å². The Morgan fingerprint density at radius 2 is 1.56 bits per heavy atom. The number of hydrogen-bond donors (Lipinski definition) is 6. The molecular formula is C27H36N8O4. The highest BCUT2D eigenvalue weighted by Crippen LogP contribution is 2.06. The van der Waals surface area contributed by atoms with Gasteiger partial charge < -0.3 is 37.1 Å². The fourth-order valence-corrected chi connectivity index (χ4v) is 3.98. The Morgan fingerprint density at radius 1 is 0.846 bits per heavy atom. The first-order valence-corrected chi connectivity index (χ1v) is 12.9. The summed E-state index contributed by atoms with van der Waals surface area (Å²) < 4.78 is 1.85. The molecule has 208 valence electrons. The number of nitrogens with one attached hydrogen (secondary N) is 4. The summed E-state index contributed by atoms with van der Waals surface area (Å²) in [6, 6.07) is 13.1. The zero-order chi connectivity index (χ0) is 28.0. The maximum atomic E-state index is 12.9. The molecule has 0 radical (unpaired) electrons. The van der Waals surface area contributed by atoms with Gasteiger partial charge in [0.2, 0.25) is 23.6 Å². The Morgan fingerprint density at radius 3 is 2.28 bits per heavy atom.